The van der Waals surface area contributed by atoms with E-state index in [4.69, 9.17) is 9.47 Å². The Morgan fingerprint density at radius 3 is 2.60 bits per heavy atom. The molecule has 0 aliphatic rings. The maximum absolute atomic E-state index is 12.7. The lowest BCUT2D eigenvalue weighted by molar-refractivity contribution is 0.0241. The standard InChI is InChI=1S/C15H24FNO3/c1-3-12(2)17-10-14(18)11-19-8-9-20-15-6-4-13(16)5-7-15/h4-7,12,14,17-18H,3,8-11H2,1-2H3/t12-,14-/m1/s1. The summed E-state index contributed by atoms with van der Waals surface area (Å²) in [5, 5.41) is 12.9. The molecule has 0 unspecified atom stereocenters. The van der Waals surface area contributed by atoms with Gasteiger partial charge in [0.2, 0.25) is 0 Å². The van der Waals surface area contributed by atoms with Crippen LogP contribution in [0.4, 0.5) is 4.39 Å². The summed E-state index contributed by atoms with van der Waals surface area (Å²) in [5.41, 5.74) is 0. The molecule has 20 heavy (non-hydrogen) atoms. The minimum Gasteiger partial charge on any atom is -0.491 e. The first-order valence-electron chi connectivity index (χ1n) is 6.99. The number of aliphatic hydroxyl groups excluding tert-OH is 1. The van der Waals surface area contributed by atoms with Crippen molar-refractivity contribution in [3.8, 4) is 5.75 Å². The van der Waals surface area contributed by atoms with E-state index < -0.39 is 6.10 Å². The highest BCUT2D eigenvalue weighted by Gasteiger charge is 2.06. The van der Waals surface area contributed by atoms with Crippen LogP contribution in [-0.2, 0) is 4.74 Å². The molecule has 0 aromatic heterocycles. The molecule has 0 saturated carbocycles. The second-order valence-corrected chi connectivity index (χ2v) is 4.75. The van der Waals surface area contributed by atoms with E-state index >= 15 is 0 Å². The summed E-state index contributed by atoms with van der Waals surface area (Å²) in [6, 6.07) is 6.23. The predicted octanol–water partition coefficient (Wildman–Crippen LogP) is 1.97. The molecule has 0 saturated heterocycles. The number of hydrogen-bond acceptors (Lipinski definition) is 4. The number of ether oxygens (including phenoxy) is 2. The number of rotatable bonds is 10. The maximum atomic E-state index is 12.7. The van der Waals surface area contributed by atoms with Gasteiger partial charge in [-0.05, 0) is 37.6 Å². The first-order chi connectivity index (χ1) is 9.61. The number of nitrogens with one attached hydrogen (secondary N) is 1. The van der Waals surface area contributed by atoms with Crippen LogP contribution in [0.2, 0.25) is 0 Å². The zero-order valence-corrected chi connectivity index (χ0v) is 12.1. The third-order valence-electron chi connectivity index (χ3n) is 2.93. The molecule has 4 nitrogen and oxygen atoms in total. The molecule has 2 N–H and O–H groups in total. The number of halogens is 1. The molecule has 0 spiro atoms. The molecular formula is C15H24FNO3. The average Bonchev–Trinajstić information content (AvgIpc) is 2.46. The summed E-state index contributed by atoms with van der Waals surface area (Å²) in [6.45, 7) is 5.72. The molecular weight excluding hydrogens is 261 g/mol. The zero-order valence-electron chi connectivity index (χ0n) is 12.1. The molecule has 1 aromatic carbocycles. The van der Waals surface area contributed by atoms with Gasteiger partial charge < -0.3 is 19.9 Å². The second-order valence-electron chi connectivity index (χ2n) is 4.75. The smallest absolute Gasteiger partial charge is 0.123 e. The van der Waals surface area contributed by atoms with E-state index in [9.17, 15) is 9.50 Å². The van der Waals surface area contributed by atoms with Crippen LogP contribution in [0, 0.1) is 5.82 Å². The first-order valence-corrected chi connectivity index (χ1v) is 6.99. The Balaban J connectivity index is 2.02. The number of benzene rings is 1. The van der Waals surface area contributed by atoms with Gasteiger partial charge in [-0.2, -0.15) is 0 Å². The molecule has 0 amide bonds. The molecule has 114 valence electrons. The minimum atomic E-state index is -0.519. The SMILES string of the molecule is CC[C@@H](C)NC[C@@H](O)COCCOc1ccc(F)cc1. The van der Waals surface area contributed by atoms with Gasteiger partial charge in [0.05, 0.1) is 19.3 Å². The largest absolute Gasteiger partial charge is 0.491 e. The number of aliphatic hydroxyl groups is 1. The van der Waals surface area contributed by atoms with Crippen LogP contribution in [-0.4, -0.2) is 43.6 Å². The Morgan fingerprint density at radius 1 is 1.25 bits per heavy atom. The molecule has 0 radical (unpaired) electrons. The quantitative estimate of drug-likeness (QED) is 0.645. The van der Waals surface area contributed by atoms with Crippen LogP contribution in [0.1, 0.15) is 20.3 Å². The van der Waals surface area contributed by atoms with Crippen LogP contribution in [0.25, 0.3) is 0 Å². The molecule has 0 heterocycles. The summed E-state index contributed by atoms with van der Waals surface area (Å²) in [7, 11) is 0. The second kappa shape index (κ2) is 9.69. The van der Waals surface area contributed by atoms with Crippen LogP contribution >= 0.6 is 0 Å². The van der Waals surface area contributed by atoms with Crippen molar-refractivity contribution in [1.82, 2.24) is 5.32 Å². The normalized spacial score (nSPS) is 14.0. The van der Waals surface area contributed by atoms with E-state index in [0.29, 0.717) is 31.5 Å². The van der Waals surface area contributed by atoms with Crippen molar-refractivity contribution in [2.45, 2.75) is 32.4 Å². The molecule has 5 heteroatoms. The van der Waals surface area contributed by atoms with Gasteiger partial charge in [-0.3, -0.25) is 0 Å². The van der Waals surface area contributed by atoms with E-state index in [0.717, 1.165) is 6.42 Å². The van der Waals surface area contributed by atoms with Gasteiger partial charge in [0.25, 0.3) is 0 Å². The van der Waals surface area contributed by atoms with Crippen molar-refractivity contribution < 1.29 is 19.0 Å². The van der Waals surface area contributed by atoms with E-state index in [1.807, 2.05) is 0 Å². The van der Waals surface area contributed by atoms with Crippen LogP contribution < -0.4 is 10.1 Å². The molecule has 0 fully saturated rings. The van der Waals surface area contributed by atoms with Gasteiger partial charge in [0, 0.05) is 12.6 Å². The Bertz CT molecular complexity index is 359. The third kappa shape index (κ3) is 7.43. The minimum absolute atomic E-state index is 0.274. The molecule has 0 aliphatic heterocycles. The maximum Gasteiger partial charge on any atom is 0.123 e. The van der Waals surface area contributed by atoms with Crippen molar-refractivity contribution in [3.63, 3.8) is 0 Å². The lowest BCUT2D eigenvalue weighted by Gasteiger charge is -2.16. The van der Waals surface area contributed by atoms with E-state index in [2.05, 4.69) is 19.2 Å². The van der Waals surface area contributed by atoms with Gasteiger partial charge in [-0.25, -0.2) is 4.39 Å². The van der Waals surface area contributed by atoms with Crippen LogP contribution in [0.3, 0.4) is 0 Å². The Kier molecular flexibility index (Phi) is 8.18. The summed E-state index contributed by atoms with van der Waals surface area (Å²) in [4.78, 5) is 0. The van der Waals surface area contributed by atoms with E-state index in [1.165, 1.54) is 12.1 Å². The monoisotopic (exact) mass is 285 g/mol. The average molecular weight is 285 g/mol. The van der Waals surface area contributed by atoms with Gasteiger partial charge in [0.1, 0.15) is 18.2 Å². The highest BCUT2D eigenvalue weighted by Crippen LogP contribution is 2.10. The lowest BCUT2D eigenvalue weighted by Crippen LogP contribution is -2.35. The van der Waals surface area contributed by atoms with Gasteiger partial charge >= 0.3 is 0 Å². The fraction of sp³-hybridized carbons (Fsp3) is 0.600. The zero-order chi connectivity index (χ0) is 14.8. The van der Waals surface area contributed by atoms with Crippen molar-refractivity contribution >= 4 is 0 Å². The molecule has 0 bridgehead atoms. The van der Waals surface area contributed by atoms with Gasteiger partial charge in [0.15, 0.2) is 0 Å². The summed E-state index contributed by atoms with van der Waals surface area (Å²) >= 11 is 0. The van der Waals surface area contributed by atoms with Crippen molar-refractivity contribution in [2.75, 3.05) is 26.4 Å². The first kappa shape index (κ1) is 16.9. The molecule has 0 aliphatic carbocycles. The molecule has 1 rings (SSSR count). The lowest BCUT2D eigenvalue weighted by atomic mass is 10.2. The van der Waals surface area contributed by atoms with Crippen LogP contribution in [0.5, 0.6) is 5.75 Å². The van der Waals surface area contributed by atoms with E-state index in [1.54, 1.807) is 12.1 Å². The summed E-state index contributed by atoms with van der Waals surface area (Å²) in [5.74, 6) is 0.319. The Morgan fingerprint density at radius 2 is 1.95 bits per heavy atom. The molecule has 1 aromatic rings. The fourth-order valence-corrected chi connectivity index (χ4v) is 1.51. The van der Waals surface area contributed by atoms with Crippen molar-refractivity contribution in [3.05, 3.63) is 30.1 Å². The topological polar surface area (TPSA) is 50.7 Å². The van der Waals surface area contributed by atoms with Gasteiger partial charge in [-0.15, -0.1) is 0 Å². The molecule has 2 atom stereocenters. The van der Waals surface area contributed by atoms with E-state index in [-0.39, 0.29) is 12.4 Å². The van der Waals surface area contributed by atoms with Crippen LogP contribution in [0.15, 0.2) is 24.3 Å². The Hall–Kier alpha value is -1.17. The summed E-state index contributed by atoms with van der Waals surface area (Å²) < 4.78 is 23.3. The fourth-order valence-electron chi connectivity index (χ4n) is 1.51. The summed E-state index contributed by atoms with van der Waals surface area (Å²) in [6.07, 6.45) is 0.508. The number of hydrogen-bond donors (Lipinski definition) is 2. The van der Waals surface area contributed by atoms with Crippen molar-refractivity contribution in [1.29, 1.82) is 0 Å². The van der Waals surface area contributed by atoms with Gasteiger partial charge in [-0.1, -0.05) is 6.92 Å². The predicted molar refractivity (Wildman–Crippen MR) is 76.5 cm³/mol. The Labute approximate surface area is 119 Å². The van der Waals surface area contributed by atoms with Crippen molar-refractivity contribution in [2.24, 2.45) is 0 Å². The third-order valence-corrected chi connectivity index (χ3v) is 2.93. The highest BCUT2D eigenvalue weighted by atomic mass is 19.1. The highest BCUT2D eigenvalue weighted by molar-refractivity contribution is 5.21.